The number of aliphatic hydroxyl groups excluding tert-OH is 1. The Morgan fingerprint density at radius 2 is 2.00 bits per heavy atom. The van der Waals surface area contributed by atoms with Crippen molar-refractivity contribution < 1.29 is 9.84 Å². The summed E-state index contributed by atoms with van der Waals surface area (Å²) in [5, 5.41) is 9.97. The van der Waals surface area contributed by atoms with Gasteiger partial charge in [-0.2, -0.15) is 0 Å². The number of ether oxygens (including phenoxy) is 1. The van der Waals surface area contributed by atoms with Crippen LogP contribution >= 0.6 is 0 Å². The molecule has 1 rings (SSSR count). The Hall–Kier alpha value is -0.900. The molecule has 0 radical (unpaired) electrons. The number of hydrogen-bond acceptors (Lipinski definition) is 3. The average Bonchev–Trinajstić information content (AvgIpc) is 2.30. The molecule has 90 valence electrons. The minimum Gasteiger partial charge on any atom is -0.387 e. The van der Waals surface area contributed by atoms with E-state index < -0.39 is 6.10 Å². The van der Waals surface area contributed by atoms with Crippen molar-refractivity contribution in [2.45, 2.75) is 12.5 Å². The van der Waals surface area contributed by atoms with Gasteiger partial charge in [0.05, 0.1) is 6.10 Å². The van der Waals surface area contributed by atoms with E-state index in [0.29, 0.717) is 6.54 Å². The van der Waals surface area contributed by atoms with Crippen molar-refractivity contribution in [3.8, 4) is 0 Å². The summed E-state index contributed by atoms with van der Waals surface area (Å²) in [7, 11) is 3.72. The summed E-state index contributed by atoms with van der Waals surface area (Å²) >= 11 is 0. The van der Waals surface area contributed by atoms with E-state index in [4.69, 9.17) is 4.74 Å². The van der Waals surface area contributed by atoms with Crippen LogP contribution in [0.1, 0.15) is 18.1 Å². The van der Waals surface area contributed by atoms with Gasteiger partial charge in [-0.3, -0.25) is 0 Å². The Labute approximate surface area is 97.7 Å². The maximum absolute atomic E-state index is 9.97. The fourth-order valence-electron chi connectivity index (χ4n) is 1.65. The number of aliphatic hydroxyl groups is 1. The van der Waals surface area contributed by atoms with Crippen molar-refractivity contribution in [1.82, 2.24) is 4.90 Å². The first-order valence-electron chi connectivity index (χ1n) is 5.64. The van der Waals surface area contributed by atoms with Crippen LogP contribution in [0.5, 0.6) is 0 Å². The van der Waals surface area contributed by atoms with Gasteiger partial charge in [-0.05, 0) is 19.0 Å². The summed E-state index contributed by atoms with van der Waals surface area (Å²) in [6.45, 7) is 2.37. The third-order valence-electron chi connectivity index (χ3n) is 2.56. The van der Waals surface area contributed by atoms with Crippen molar-refractivity contribution in [3.05, 3.63) is 35.9 Å². The van der Waals surface area contributed by atoms with Crippen molar-refractivity contribution in [1.29, 1.82) is 0 Å². The third kappa shape index (κ3) is 4.75. The van der Waals surface area contributed by atoms with Crippen molar-refractivity contribution >= 4 is 0 Å². The van der Waals surface area contributed by atoms with Gasteiger partial charge < -0.3 is 14.7 Å². The lowest BCUT2D eigenvalue weighted by Gasteiger charge is -2.20. The lowest BCUT2D eigenvalue weighted by atomic mass is 10.1. The Morgan fingerprint density at radius 1 is 1.31 bits per heavy atom. The van der Waals surface area contributed by atoms with E-state index in [9.17, 15) is 5.11 Å². The Bertz CT molecular complexity index is 277. The number of methoxy groups -OCH3 is 1. The molecule has 0 aliphatic heterocycles. The summed E-state index contributed by atoms with van der Waals surface area (Å²) in [5.74, 6) is 0. The van der Waals surface area contributed by atoms with E-state index in [1.54, 1.807) is 7.11 Å². The summed E-state index contributed by atoms with van der Waals surface area (Å²) < 4.78 is 4.99. The summed E-state index contributed by atoms with van der Waals surface area (Å²) in [6.07, 6.45) is 0.586. The quantitative estimate of drug-likeness (QED) is 0.714. The molecule has 0 bridgehead atoms. The highest BCUT2D eigenvalue weighted by Gasteiger charge is 2.09. The monoisotopic (exact) mass is 223 g/mol. The summed E-state index contributed by atoms with van der Waals surface area (Å²) in [4.78, 5) is 2.12. The topological polar surface area (TPSA) is 32.7 Å². The highest BCUT2D eigenvalue weighted by Crippen LogP contribution is 2.12. The van der Waals surface area contributed by atoms with E-state index in [1.165, 1.54) is 0 Å². The zero-order chi connectivity index (χ0) is 11.8. The molecule has 16 heavy (non-hydrogen) atoms. The molecule has 0 aliphatic carbocycles. The zero-order valence-electron chi connectivity index (χ0n) is 10.1. The SMILES string of the molecule is COCCCN(C)CC(O)c1ccccc1. The number of likely N-dealkylation sites (N-methyl/N-ethyl adjacent to an activating group) is 1. The molecule has 1 atom stereocenters. The highest BCUT2D eigenvalue weighted by molar-refractivity contribution is 5.17. The second-order valence-electron chi connectivity index (χ2n) is 4.04. The Morgan fingerprint density at radius 3 is 2.62 bits per heavy atom. The molecular weight excluding hydrogens is 202 g/mol. The molecule has 0 aromatic heterocycles. The van der Waals surface area contributed by atoms with Crippen molar-refractivity contribution in [3.63, 3.8) is 0 Å². The second-order valence-corrected chi connectivity index (χ2v) is 4.04. The van der Waals surface area contributed by atoms with Gasteiger partial charge in [0.2, 0.25) is 0 Å². The number of rotatable bonds is 7. The molecule has 0 spiro atoms. The van der Waals surface area contributed by atoms with Gasteiger partial charge >= 0.3 is 0 Å². The molecule has 1 aromatic carbocycles. The van der Waals surface area contributed by atoms with Gasteiger partial charge in [0.15, 0.2) is 0 Å². The van der Waals surface area contributed by atoms with Crippen LogP contribution in [0.15, 0.2) is 30.3 Å². The lowest BCUT2D eigenvalue weighted by molar-refractivity contribution is 0.117. The van der Waals surface area contributed by atoms with Gasteiger partial charge in [-0.15, -0.1) is 0 Å². The molecule has 3 nitrogen and oxygen atoms in total. The molecule has 0 amide bonds. The van der Waals surface area contributed by atoms with Gasteiger partial charge in [-0.1, -0.05) is 30.3 Å². The fourth-order valence-corrected chi connectivity index (χ4v) is 1.65. The van der Waals surface area contributed by atoms with Crippen molar-refractivity contribution in [2.24, 2.45) is 0 Å². The predicted octanol–water partition coefficient (Wildman–Crippen LogP) is 1.69. The lowest BCUT2D eigenvalue weighted by Crippen LogP contribution is -2.26. The Kier molecular flexibility index (Phi) is 6.08. The first-order chi connectivity index (χ1) is 7.74. The molecule has 1 aromatic rings. The molecule has 0 fully saturated rings. The maximum atomic E-state index is 9.97. The van der Waals surface area contributed by atoms with Gasteiger partial charge in [0.25, 0.3) is 0 Å². The van der Waals surface area contributed by atoms with Crippen LogP contribution in [0, 0.1) is 0 Å². The normalized spacial score (nSPS) is 13.0. The Balaban J connectivity index is 2.31. The molecule has 0 aliphatic rings. The van der Waals surface area contributed by atoms with Crippen LogP contribution in [-0.2, 0) is 4.74 Å². The molecular formula is C13H21NO2. The minimum atomic E-state index is -0.409. The van der Waals surface area contributed by atoms with E-state index in [1.807, 2.05) is 37.4 Å². The first kappa shape index (κ1) is 13.2. The van der Waals surface area contributed by atoms with Crippen LogP contribution in [-0.4, -0.2) is 43.9 Å². The van der Waals surface area contributed by atoms with Crippen LogP contribution in [0.4, 0.5) is 0 Å². The van der Waals surface area contributed by atoms with Crippen LogP contribution in [0.2, 0.25) is 0 Å². The maximum Gasteiger partial charge on any atom is 0.0916 e. The van der Waals surface area contributed by atoms with E-state index in [-0.39, 0.29) is 0 Å². The predicted molar refractivity (Wildman–Crippen MR) is 65.4 cm³/mol. The van der Waals surface area contributed by atoms with Crippen LogP contribution < -0.4 is 0 Å². The molecule has 3 heteroatoms. The second kappa shape index (κ2) is 7.39. The summed E-state index contributed by atoms with van der Waals surface area (Å²) in [6, 6.07) is 9.76. The summed E-state index contributed by atoms with van der Waals surface area (Å²) in [5.41, 5.74) is 0.973. The number of nitrogens with zero attached hydrogens (tertiary/aromatic N) is 1. The van der Waals surface area contributed by atoms with E-state index in [0.717, 1.165) is 25.1 Å². The van der Waals surface area contributed by atoms with Gasteiger partial charge in [0.1, 0.15) is 0 Å². The van der Waals surface area contributed by atoms with E-state index >= 15 is 0 Å². The minimum absolute atomic E-state index is 0.409. The zero-order valence-corrected chi connectivity index (χ0v) is 10.1. The average molecular weight is 223 g/mol. The van der Waals surface area contributed by atoms with Gasteiger partial charge in [-0.25, -0.2) is 0 Å². The first-order valence-corrected chi connectivity index (χ1v) is 5.64. The largest absolute Gasteiger partial charge is 0.387 e. The molecule has 0 saturated carbocycles. The van der Waals surface area contributed by atoms with E-state index in [2.05, 4.69) is 4.90 Å². The fraction of sp³-hybridized carbons (Fsp3) is 0.538. The standard InChI is InChI=1S/C13H21NO2/c1-14(9-6-10-16-2)11-13(15)12-7-4-3-5-8-12/h3-5,7-8,13,15H,6,9-11H2,1-2H3. The molecule has 1 N–H and O–H groups in total. The number of hydrogen-bond donors (Lipinski definition) is 1. The van der Waals surface area contributed by atoms with Crippen LogP contribution in [0.3, 0.4) is 0 Å². The third-order valence-corrected chi connectivity index (χ3v) is 2.56. The molecule has 0 heterocycles. The smallest absolute Gasteiger partial charge is 0.0916 e. The molecule has 0 saturated heterocycles. The molecule has 1 unspecified atom stereocenters. The van der Waals surface area contributed by atoms with Crippen molar-refractivity contribution in [2.75, 3.05) is 33.9 Å². The van der Waals surface area contributed by atoms with Crippen LogP contribution in [0.25, 0.3) is 0 Å². The number of benzene rings is 1. The van der Waals surface area contributed by atoms with Gasteiger partial charge in [0, 0.05) is 26.8 Å². The highest BCUT2D eigenvalue weighted by atomic mass is 16.5.